The normalized spacial score (nSPS) is 11.6. The van der Waals surface area contributed by atoms with Crippen molar-refractivity contribution in [3.63, 3.8) is 0 Å². The number of non-ortho nitro benzene ring substituents is 1. The summed E-state index contributed by atoms with van der Waals surface area (Å²) in [4.78, 5) is 21.7. The molecule has 20 heavy (non-hydrogen) atoms. The van der Waals surface area contributed by atoms with Crippen LogP contribution in [0.4, 0.5) is 5.69 Å². The van der Waals surface area contributed by atoms with E-state index in [2.05, 4.69) is 0 Å². The molecule has 0 bridgehead atoms. The van der Waals surface area contributed by atoms with E-state index in [9.17, 15) is 14.9 Å². The molecule has 0 radical (unpaired) electrons. The van der Waals surface area contributed by atoms with Gasteiger partial charge in [0.1, 0.15) is 17.2 Å². The molecule has 6 nitrogen and oxygen atoms in total. The minimum atomic E-state index is -0.724. The molecular weight excluding hydrogens is 260 g/mol. The number of hydrogen-bond acceptors (Lipinski definition) is 5. The van der Waals surface area contributed by atoms with Crippen LogP contribution in [0.1, 0.15) is 26.3 Å². The largest absolute Gasteiger partial charge is 0.456 e. The van der Waals surface area contributed by atoms with E-state index in [0.29, 0.717) is 5.56 Å². The molecule has 0 spiro atoms. The van der Waals surface area contributed by atoms with E-state index < -0.39 is 16.5 Å². The standard InChI is InChI=1S/C14H14N2O4/c1-14(2,3)20-13(17)11(9-15)8-10-4-6-12(7-5-10)16(18)19/h4-8H,1-3H3/b11-8-. The molecule has 1 aromatic carbocycles. The van der Waals surface area contributed by atoms with E-state index in [1.165, 1.54) is 30.3 Å². The quantitative estimate of drug-likeness (QED) is 0.278. The molecule has 0 aliphatic heterocycles. The number of nitro benzene ring substituents is 1. The Morgan fingerprint density at radius 3 is 2.30 bits per heavy atom. The van der Waals surface area contributed by atoms with Crippen molar-refractivity contribution >= 4 is 17.7 Å². The van der Waals surface area contributed by atoms with Gasteiger partial charge in [-0.25, -0.2) is 4.79 Å². The van der Waals surface area contributed by atoms with Crippen molar-refractivity contribution in [2.45, 2.75) is 26.4 Å². The number of hydrogen-bond donors (Lipinski definition) is 0. The van der Waals surface area contributed by atoms with Gasteiger partial charge in [0.25, 0.3) is 5.69 Å². The number of benzene rings is 1. The summed E-state index contributed by atoms with van der Waals surface area (Å²) in [5.41, 5.74) is -0.396. The lowest BCUT2D eigenvalue weighted by Gasteiger charge is -2.18. The van der Waals surface area contributed by atoms with Crippen LogP contribution in [0.25, 0.3) is 6.08 Å². The maximum atomic E-state index is 11.7. The summed E-state index contributed by atoms with van der Waals surface area (Å²) in [5.74, 6) is -0.724. The summed E-state index contributed by atoms with van der Waals surface area (Å²) in [6, 6.07) is 7.28. The highest BCUT2D eigenvalue weighted by molar-refractivity contribution is 5.98. The number of carbonyl (C=O) groups is 1. The first-order chi connectivity index (χ1) is 9.23. The molecular formula is C14H14N2O4. The third-order valence-corrected chi connectivity index (χ3v) is 2.15. The number of esters is 1. The Labute approximate surface area is 116 Å². The average molecular weight is 274 g/mol. The maximum Gasteiger partial charge on any atom is 0.349 e. The van der Waals surface area contributed by atoms with Crippen molar-refractivity contribution in [1.29, 1.82) is 5.26 Å². The minimum absolute atomic E-state index is 0.0575. The topological polar surface area (TPSA) is 93.2 Å². The summed E-state index contributed by atoms with van der Waals surface area (Å²) in [7, 11) is 0. The maximum absolute atomic E-state index is 11.7. The molecule has 0 aliphatic carbocycles. The summed E-state index contributed by atoms with van der Waals surface area (Å²) in [5, 5.41) is 19.5. The van der Waals surface area contributed by atoms with Crippen LogP contribution in [0.2, 0.25) is 0 Å². The minimum Gasteiger partial charge on any atom is -0.456 e. The summed E-state index contributed by atoms with van der Waals surface area (Å²) >= 11 is 0. The van der Waals surface area contributed by atoms with Crippen LogP contribution in [0.15, 0.2) is 29.8 Å². The van der Waals surface area contributed by atoms with Gasteiger partial charge in [-0.3, -0.25) is 10.1 Å². The third-order valence-electron chi connectivity index (χ3n) is 2.15. The highest BCUT2D eigenvalue weighted by atomic mass is 16.6. The molecule has 1 aromatic rings. The number of nitro groups is 1. The molecule has 0 saturated heterocycles. The molecule has 0 fully saturated rings. The van der Waals surface area contributed by atoms with E-state index in [0.717, 1.165) is 0 Å². The van der Waals surface area contributed by atoms with Gasteiger partial charge in [0, 0.05) is 12.1 Å². The molecule has 0 atom stereocenters. The fourth-order valence-electron chi connectivity index (χ4n) is 1.33. The van der Waals surface area contributed by atoms with Crippen molar-refractivity contribution in [2.24, 2.45) is 0 Å². The second-order valence-corrected chi connectivity index (χ2v) is 5.02. The van der Waals surface area contributed by atoms with Gasteiger partial charge in [0.2, 0.25) is 0 Å². The number of carbonyl (C=O) groups excluding carboxylic acids is 1. The smallest absolute Gasteiger partial charge is 0.349 e. The van der Waals surface area contributed by atoms with Gasteiger partial charge in [0.05, 0.1) is 4.92 Å². The van der Waals surface area contributed by atoms with Crippen LogP contribution < -0.4 is 0 Å². The Balaban J connectivity index is 2.98. The fraction of sp³-hybridized carbons (Fsp3) is 0.286. The van der Waals surface area contributed by atoms with Gasteiger partial charge in [-0.1, -0.05) is 0 Å². The van der Waals surface area contributed by atoms with Crippen LogP contribution >= 0.6 is 0 Å². The molecule has 0 saturated carbocycles. The predicted molar refractivity (Wildman–Crippen MR) is 72.5 cm³/mol. The Hall–Kier alpha value is -2.68. The molecule has 104 valence electrons. The zero-order valence-corrected chi connectivity index (χ0v) is 11.4. The van der Waals surface area contributed by atoms with Gasteiger partial charge >= 0.3 is 5.97 Å². The van der Waals surface area contributed by atoms with E-state index in [-0.39, 0.29) is 11.3 Å². The summed E-state index contributed by atoms with van der Waals surface area (Å²) < 4.78 is 5.09. The fourth-order valence-corrected chi connectivity index (χ4v) is 1.33. The number of nitrogens with zero attached hydrogens (tertiary/aromatic N) is 2. The van der Waals surface area contributed by atoms with E-state index >= 15 is 0 Å². The van der Waals surface area contributed by atoms with Crippen molar-refractivity contribution in [3.05, 3.63) is 45.5 Å². The third kappa shape index (κ3) is 4.53. The van der Waals surface area contributed by atoms with Crippen LogP contribution in [0.5, 0.6) is 0 Å². The van der Waals surface area contributed by atoms with Crippen LogP contribution in [0, 0.1) is 21.4 Å². The molecule has 0 N–H and O–H groups in total. The highest BCUT2D eigenvalue weighted by Gasteiger charge is 2.19. The Kier molecular flexibility index (Phi) is 4.59. The Bertz CT molecular complexity index is 589. The van der Waals surface area contributed by atoms with Crippen LogP contribution in [0.3, 0.4) is 0 Å². The molecule has 0 aromatic heterocycles. The van der Waals surface area contributed by atoms with Gasteiger partial charge in [-0.2, -0.15) is 5.26 Å². The van der Waals surface area contributed by atoms with Crippen LogP contribution in [-0.4, -0.2) is 16.5 Å². The van der Waals surface area contributed by atoms with Gasteiger partial charge in [-0.05, 0) is 44.5 Å². The Morgan fingerprint density at radius 1 is 1.35 bits per heavy atom. The lowest BCUT2D eigenvalue weighted by molar-refractivity contribution is -0.384. The lowest BCUT2D eigenvalue weighted by atomic mass is 10.1. The number of rotatable bonds is 3. The first-order valence-corrected chi connectivity index (χ1v) is 5.82. The average Bonchev–Trinajstić information content (AvgIpc) is 2.34. The zero-order valence-electron chi connectivity index (χ0n) is 11.4. The number of ether oxygens (including phenoxy) is 1. The van der Waals surface area contributed by atoms with E-state index in [1.54, 1.807) is 26.8 Å². The zero-order chi connectivity index (χ0) is 15.3. The molecule has 6 heteroatoms. The first kappa shape index (κ1) is 15.4. The SMILES string of the molecule is CC(C)(C)OC(=O)/C(C#N)=C\c1ccc([N+](=O)[O-])cc1. The summed E-state index contributed by atoms with van der Waals surface area (Å²) in [6.45, 7) is 5.10. The van der Waals surface area contributed by atoms with Crippen molar-refractivity contribution < 1.29 is 14.5 Å². The van der Waals surface area contributed by atoms with Crippen molar-refractivity contribution in [2.75, 3.05) is 0 Å². The predicted octanol–water partition coefficient (Wildman–Crippen LogP) is 2.84. The molecule has 0 amide bonds. The Morgan fingerprint density at radius 2 is 1.90 bits per heavy atom. The summed E-state index contributed by atoms with van der Waals surface area (Å²) in [6.07, 6.45) is 1.33. The molecule has 1 rings (SSSR count). The van der Waals surface area contributed by atoms with E-state index in [4.69, 9.17) is 10.00 Å². The number of nitriles is 1. The second-order valence-electron chi connectivity index (χ2n) is 5.02. The monoisotopic (exact) mass is 274 g/mol. The van der Waals surface area contributed by atoms with E-state index in [1.807, 2.05) is 0 Å². The first-order valence-electron chi connectivity index (χ1n) is 5.82. The second kappa shape index (κ2) is 5.97. The van der Waals surface area contributed by atoms with Gasteiger partial charge in [-0.15, -0.1) is 0 Å². The molecule has 0 heterocycles. The molecule has 0 aliphatic rings. The van der Waals surface area contributed by atoms with Crippen molar-refractivity contribution in [3.8, 4) is 6.07 Å². The van der Waals surface area contributed by atoms with Gasteiger partial charge < -0.3 is 4.74 Å². The highest BCUT2D eigenvalue weighted by Crippen LogP contribution is 2.16. The lowest BCUT2D eigenvalue weighted by Crippen LogP contribution is -2.24. The van der Waals surface area contributed by atoms with Gasteiger partial charge in [0.15, 0.2) is 0 Å². The molecule has 0 unspecified atom stereocenters. The van der Waals surface area contributed by atoms with Crippen molar-refractivity contribution in [1.82, 2.24) is 0 Å². The van der Waals surface area contributed by atoms with Crippen LogP contribution in [-0.2, 0) is 9.53 Å².